The van der Waals surface area contributed by atoms with Crippen LogP contribution in [-0.4, -0.2) is 29.3 Å². The van der Waals surface area contributed by atoms with Crippen LogP contribution in [0.3, 0.4) is 0 Å². The number of hydrogen-bond donors (Lipinski definition) is 1. The van der Waals surface area contributed by atoms with E-state index in [0.717, 1.165) is 22.0 Å². The summed E-state index contributed by atoms with van der Waals surface area (Å²) in [6, 6.07) is 15.6. The summed E-state index contributed by atoms with van der Waals surface area (Å²) in [7, 11) is 0. The first-order valence-electron chi connectivity index (χ1n) is 9.78. The van der Waals surface area contributed by atoms with Crippen molar-refractivity contribution in [2.24, 2.45) is 0 Å². The van der Waals surface area contributed by atoms with Gasteiger partial charge in [-0.05, 0) is 49.9 Å². The number of rotatable bonds is 9. The van der Waals surface area contributed by atoms with Crippen molar-refractivity contribution < 1.29 is 9.59 Å². The van der Waals surface area contributed by atoms with Crippen LogP contribution in [0.1, 0.15) is 43.4 Å². The number of amides is 2. The van der Waals surface area contributed by atoms with Crippen LogP contribution in [0.25, 0.3) is 0 Å². The lowest BCUT2D eigenvalue weighted by molar-refractivity contribution is -0.140. The maximum absolute atomic E-state index is 13.0. The van der Waals surface area contributed by atoms with Crippen molar-refractivity contribution in [1.29, 1.82) is 0 Å². The smallest absolute Gasteiger partial charge is 0.242 e. The normalized spacial score (nSPS) is 11.7. The Bertz CT molecular complexity index is 772. The summed E-state index contributed by atoms with van der Waals surface area (Å²) in [6.45, 7) is 6.89. The maximum Gasteiger partial charge on any atom is 0.242 e. The van der Waals surface area contributed by atoms with Gasteiger partial charge in [0.2, 0.25) is 11.8 Å². The van der Waals surface area contributed by atoms with Gasteiger partial charge in [-0.2, -0.15) is 0 Å². The summed E-state index contributed by atoms with van der Waals surface area (Å²) in [5.41, 5.74) is 3.33. The zero-order chi connectivity index (χ0) is 20.5. The van der Waals surface area contributed by atoms with Gasteiger partial charge in [0.25, 0.3) is 0 Å². The Balaban J connectivity index is 2.10. The van der Waals surface area contributed by atoms with Crippen LogP contribution in [0.2, 0.25) is 0 Å². The average Bonchev–Trinajstić information content (AvgIpc) is 2.70. The molecule has 2 aromatic rings. The second-order valence-electron chi connectivity index (χ2n) is 7.10. The summed E-state index contributed by atoms with van der Waals surface area (Å²) in [5.74, 6) is -0.120. The standard InChI is InChI=1S/C23H29BrN2O2/c1-4-15-25-23(28)18(3)26(16-20-9-12-21(24)13-10-20)22(27)14-11-19-7-5-17(2)6-8-19/h5-10,12-13,18H,4,11,14-16H2,1-3H3,(H,25,28). The van der Waals surface area contributed by atoms with Crippen molar-refractivity contribution in [2.75, 3.05) is 6.54 Å². The van der Waals surface area contributed by atoms with Gasteiger partial charge >= 0.3 is 0 Å². The first-order valence-corrected chi connectivity index (χ1v) is 10.6. The fraction of sp³-hybridized carbons (Fsp3) is 0.391. The van der Waals surface area contributed by atoms with Crippen molar-refractivity contribution in [3.63, 3.8) is 0 Å². The van der Waals surface area contributed by atoms with Gasteiger partial charge < -0.3 is 10.2 Å². The Morgan fingerprint density at radius 1 is 1.04 bits per heavy atom. The largest absolute Gasteiger partial charge is 0.354 e. The van der Waals surface area contributed by atoms with Crippen LogP contribution in [0.5, 0.6) is 0 Å². The molecule has 0 spiro atoms. The van der Waals surface area contributed by atoms with Crippen LogP contribution >= 0.6 is 15.9 Å². The SMILES string of the molecule is CCCNC(=O)C(C)N(Cc1ccc(Br)cc1)C(=O)CCc1ccc(C)cc1. The average molecular weight is 445 g/mol. The van der Waals surface area contributed by atoms with Gasteiger partial charge in [0.05, 0.1) is 0 Å². The van der Waals surface area contributed by atoms with E-state index in [0.29, 0.717) is 25.9 Å². The molecule has 0 aromatic heterocycles. The predicted molar refractivity (Wildman–Crippen MR) is 117 cm³/mol. The Morgan fingerprint density at radius 2 is 1.64 bits per heavy atom. The van der Waals surface area contributed by atoms with E-state index >= 15 is 0 Å². The third kappa shape index (κ3) is 6.79. The second-order valence-corrected chi connectivity index (χ2v) is 8.02. The highest BCUT2D eigenvalue weighted by Crippen LogP contribution is 2.16. The van der Waals surface area contributed by atoms with Crippen molar-refractivity contribution in [1.82, 2.24) is 10.2 Å². The first kappa shape index (κ1) is 22.2. The quantitative estimate of drug-likeness (QED) is 0.612. The van der Waals surface area contributed by atoms with E-state index in [2.05, 4.69) is 45.5 Å². The van der Waals surface area contributed by atoms with Gasteiger partial charge in [-0.25, -0.2) is 0 Å². The topological polar surface area (TPSA) is 49.4 Å². The molecule has 0 aliphatic carbocycles. The third-order valence-electron chi connectivity index (χ3n) is 4.73. The number of carbonyl (C=O) groups excluding carboxylic acids is 2. The molecule has 0 saturated carbocycles. The molecule has 2 rings (SSSR count). The highest BCUT2D eigenvalue weighted by atomic mass is 79.9. The molecular formula is C23H29BrN2O2. The molecule has 150 valence electrons. The molecule has 0 heterocycles. The molecule has 2 aromatic carbocycles. The van der Waals surface area contributed by atoms with Gasteiger partial charge in [0.15, 0.2) is 0 Å². The molecule has 1 N–H and O–H groups in total. The minimum Gasteiger partial charge on any atom is -0.354 e. The molecule has 2 amide bonds. The van der Waals surface area contributed by atoms with E-state index in [4.69, 9.17) is 0 Å². The van der Waals surface area contributed by atoms with Gasteiger partial charge in [-0.15, -0.1) is 0 Å². The zero-order valence-corrected chi connectivity index (χ0v) is 18.5. The molecule has 0 bridgehead atoms. The van der Waals surface area contributed by atoms with Crippen molar-refractivity contribution in [3.05, 3.63) is 69.7 Å². The van der Waals surface area contributed by atoms with Crippen LogP contribution in [0, 0.1) is 6.92 Å². The van der Waals surface area contributed by atoms with Gasteiger partial charge in [0.1, 0.15) is 6.04 Å². The molecule has 1 unspecified atom stereocenters. The summed E-state index contributed by atoms with van der Waals surface area (Å²) < 4.78 is 0.988. The Kier molecular flexibility index (Phi) is 8.71. The highest BCUT2D eigenvalue weighted by molar-refractivity contribution is 9.10. The minimum absolute atomic E-state index is 0.0114. The van der Waals surface area contributed by atoms with E-state index in [9.17, 15) is 9.59 Å². The molecule has 0 aliphatic heterocycles. The summed E-state index contributed by atoms with van der Waals surface area (Å²) in [4.78, 5) is 27.2. The number of benzene rings is 2. The van der Waals surface area contributed by atoms with Crippen molar-refractivity contribution in [2.45, 2.75) is 52.6 Å². The number of halogens is 1. The number of carbonyl (C=O) groups is 2. The summed E-state index contributed by atoms with van der Waals surface area (Å²) in [5, 5.41) is 2.90. The van der Waals surface area contributed by atoms with E-state index in [1.165, 1.54) is 5.56 Å². The fourth-order valence-electron chi connectivity index (χ4n) is 2.91. The fourth-order valence-corrected chi connectivity index (χ4v) is 3.18. The summed E-state index contributed by atoms with van der Waals surface area (Å²) in [6.07, 6.45) is 1.91. The first-order chi connectivity index (χ1) is 13.4. The Morgan fingerprint density at radius 3 is 2.25 bits per heavy atom. The van der Waals surface area contributed by atoms with E-state index in [-0.39, 0.29) is 11.8 Å². The molecule has 1 atom stereocenters. The van der Waals surface area contributed by atoms with E-state index in [1.807, 2.05) is 38.1 Å². The molecular weight excluding hydrogens is 416 g/mol. The van der Waals surface area contributed by atoms with Gasteiger partial charge in [-0.3, -0.25) is 9.59 Å². The van der Waals surface area contributed by atoms with Crippen molar-refractivity contribution >= 4 is 27.7 Å². The maximum atomic E-state index is 13.0. The van der Waals surface area contributed by atoms with Crippen LogP contribution in [0.4, 0.5) is 0 Å². The molecule has 28 heavy (non-hydrogen) atoms. The Hall–Kier alpha value is -2.14. The molecule has 4 nitrogen and oxygen atoms in total. The van der Waals surface area contributed by atoms with E-state index in [1.54, 1.807) is 11.8 Å². The number of nitrogens with zero attached hydrogens (tertiary/aromatic N) is 1. The van der Waals surface area contributed by atoms with Crippen LogP contribution in [-0.2, 0) is 22.6 Å². The molecule has 0 aliphatic rings. The monoisotopic (exact) mass is 444 g/mol. The number of nitrogens with one attached hydrogen (secondary N) is 1. The predicted octanol–water partition coefficient (Wildman–Crippen LogP) is 4.63. The molecule has 5 heteroatoms. The summed E-state index contributed by atoms with van der Waals surface area (Å²) >= 11 is 3.43. The molecule has 0 radical (unpaired) electrons. The van der Waals surface area contributed by atoms with Gasteiger partial charge in [-0.1, -0.05) is 64.8 Å². The lowest BCUT2D eigenvalue weighted by atomic mass is 10.1. The zero-order valence-electron chi connectivity index (χ0n) is 16.9. The van der Waals surface area contributed by atoms with E-state index < -0.39 is 6.04 Å². The van der Waals surface area contributed by atoms with Crippen LogP contribution in [0.15, 0.2) is 53.0 Å². The third-order valence-corrected chi connectivity index (χ3v) is 5.26. The van der Waals surface area contributed by atoms with Crippen LogP contribution < -0.4 is 5.32 Å². The second kappa shape index (κ2) is 11.0. The lowest BCUT2D eigenvalue weighted by Crippen LogP contribution is -2.47. The number of aryl methyl sites for hydroxylation is 2. The van der Waals surface area contributed by atoms with Crippen molar-refractivity contribution in [3.8, 4) is 0 Å². The molecule has 0 saturated heterocycles. The lowest BCUT2D eigenvalue weighted by Gasteiger charge is -2.29. The number of hydrogen-bond acceptors (Lipinski definition) is 2. The Labute approximate surface area is 176 Å². The minimum atomic E-state index is -0.513. The van der Waals surface area contributed by atoms with Gasteiger partial charge in [0, 0.05) is 24.0 Å². The highest BCUT2D eigenvalue weighted by Gasteiger charge is 2.25. The molecule has 0 fully saturated rings.